The Morgan fingerprint density at radius 1 is 1.53 bits per heavy atom. The molecule has 2 unspecified atom stereocenters. The first-order valence-electron chi connectivity index (χ1n) is 6.19. The SMILES string of the molecule is CCNC(Cc1cn(C)nn1)C(C)(CC)OC. The molecule has 0 radical (unpaired) electrons. The molecule has 5 heteroatoms. The van der Waals surface area contributed by atoms with E-state index in [9.17, 15) is 0 Å². The van der Waals surface area contributed by atoms with E-state index in [4.69, 9.17) is 4.74 Å². The molecule has 1 aromatic rings. The predicted molar refractivity (Wildman–Crippen MR) is 67.9 cm³/mol. The van der Waals surface area contributed by atoms with Gasteiger partial charge in [-0.3, -0.25) is 4.68 Å². The van der Waals surface area contributed by atoms with Crippen LogP contribution in [0.15, 0.2) is 6.20 Å². The molecule has 0 amide bonds. The zero-order valence-electron chi connectivity index (χ0n) is 11.5. The Morgan fingerprint density at radius 2 is 2.24 bits per heavy atom. The van der Waals surface area contributed by atoms with Crippen molar-refractivity contribution in [2.24, 2.45) is 7.05 Å². The van der Waals surface area contributed by atoms with Crippen molar-refractivity contribution in [1.82, 2.24) is 20.3 Å². The van der Waals surface area contributed by atoms with Crippen molar-refractivity contribution in [2.75, 3.05) is 13.7 Å². The standard InChI is InChI=1S/C12H24N4O/c1-6-12(3,17-5)11(13-7-2)8-10-9-16(4)15-14-10/h9,11,13H,6-8H2,1-5H3. The highest BCUT2D eigenvalue weighted by molar-refractivity contribution is 5.01. The molecule has 1 aromatic heterocycles. The van der Waals surface area contributed by atoms with Gasteiger partial charge in [0.15, 0.2) is 0 Å². The zero-order valence-corrected chi connectivity index (χ0v) is 11.5. The lowest BCUT2D eigenvalue weighted by Gasteiger charge is -2.36. The molecule has 0 spiro atoms. The maximum absolute atomic E-state index is 5.66. The van der Waals surface area contributed by atoms with Crippen LogP contribution in [0, 0.1) is 0 Å². The summed E-state index contributed by atoms with van der Waals surface area (Å²) in [6.07, 6.45) is 3.75. The van der Waals surface area contributed by atoms with Crippen molar-refractivity contribution >= 4 is 0 Å². The highest BCUT2D eigenvalue weighted by Crippen LogP contribution is 2.21. The lowest BCUT2D eigenvalue weighted by molar-refractivity contribution is -0.0286. The van der Waals surface area contributed by atoms with Crippen LogP contribution < -0.4 is 5.32 Å². The molecule has 0 fully saturated rings. The van der Waals surface area contributed by atoms with Gasteiger partial charge in [-0.05, 0) is 19.9 Å². The molecule has 0 aliphatic carbocycles. The molecule has 0 aliphatic rings. The summed E-state index contributed by atoms with van der Waals surface area (Å²) in [6.45, 7) is 7.31. The Balaban J connectivity index is 2.78. The number of likely N-dealkylation sites (N-methyl/N-ethyl adjacent to an activating group) is 1. The highest BCUT2D eigenvalue weighted by Gasteiger charge is 2.32. The van der Waals surface area contributed by atoms with Crippen LogP contribution in [0.25, 0.3) is 0 Å². The molecule has 1 heterocycles. The van der Waals surface area contributed by atoms with Gasteiger partial charge in [-0.2, -0.15) is 0 Å². The minimum Gasteiger partial charge on any atom is -0.377 e. The number of aryl methyl sites for hydroxylation is 1. The number of methoxy groups -OCH3 is 1. The minimum atomic E-state index is -0.173. The van der Waals surface area contributed by atoms with Crippen molar-refractivity contribution < 1.29 is 4.74 Å². The van der Waals surface area contributed by atoms with Crippen LogP contribution in [0.5, 0.6) is 0 Å². The fourth-order valence-corrected chi connectivity index (χ4v) is 1.98. The van der Waals surface area contributed by atoms with E-state index in [1.165, 1.54) is 0 Å². The molecule has 0 bridgehead atoms. The molecule has 0 saturated heterocycles. The zero-order chi connectivity index (χ0) is 12.9. The summed E-state index contributed by atoms with van der Waals surface area (Å²) in [7, 11) is 3.65. The fraction of sp³-hybridized carbons (Fsp3) is 0.833. The van der Waals surface area contributed by atoms with Gasteiger partial charge in [-0.1, -0.05) is 19.1 Å². The third kappa shape index (κ3) is 3.51. The number of hydrogen-bond donors (Lipinski definition) is 1. The molecular weight excluding hydrogens is 216 g/mol. The molecule has 0 saturated carbocycles. The summed E-state index contributed by atoms with van der Waals surface area (Å²) in [5.74, 6) is 0. The Hall–Kier alpha value is -0.940. The second-order valence-electron chi connectivity index (χ2n) is 4.57. The van der Waals surface area contributed by atoms with E-state index in [1.807, 2.05) is 13.2 Å². The van der Waals surface area contributed by atoms with Gasteiger partial charge in [-0.25, -0.2) is 0 Å². The maximum Gasteiger partial charge on any atom is 0.0843 e. The van der Waals surface area contributed by atoms with Gasteiger partial charge in [0, 0.05) is 32.8 Å². The quantitative estimate of drug-likeness (QED) is 0.777. The van der Waals surface area contributed by atoms with Crippen LogP contribution in [0.2, 0.25) is 0 Å². The van der Waals surface area contributed by atoms with Crippen molar-refractivity contribution in [3.05, 3.63) is 11.9 Å². The van der Waals surface area contributed by atoms with Crippen LogP contribution in [0.4, 0.5) is 0 Å². The van der Waals surface area contributed by atoms with Gasteiger partial charge in [0.05, 0.1) is 11.3 Å². The van der Waals surface area contributed by atoms with Crippen LogP contribution in [-0.4, -0.2) is 40.3 Å². The van der Waals surface area contributed by atoms with E-state index in [-0.39, 0.29) is 11.6 Å². The summed E-state index contributed by atoms with van der Waals surface area (Å²) in [4.78, 5) is 0. The van der Waals surface area contributed by atoms with E-state index in [1.54, 1.807) is 11.8 Å². The summed E-state index contributed by atoms with van der Waals surface area (Å²) in [5.41, 5.74) is 0.822. The Kier molecular flexibility index (Phi) is 5.08. The van der Waals surface area contributed by atoms with E-state index in [0.717, 1.165) is 25.1 Å². The van der Waals surface area contributed by atoms with Gasteiger partial charge < -0.3 is 10.1 Å². The number of aromatic nitrogens is 3. The molecule has 98 valence electrons. The molecule has 1 rings (SSSR count). The van der Waals surface area contributed by atoms with E-state index in [0.29, 0.717) is 0 Å². The van der Waals surface area contributed by atoms with Gasteiger partial charge in [0.25, 0.3) is 0 Å². The third-order valence-corrected chi connectivity index (χ3v) is 3.42. The van der Waals surface area contributed by atoms with E-state index >= 15 is 0 Å². The van der Waals surface area contributed by atoms with Crippen molar-refractivity contribution in [2.45, 2.75) is 45.3 Å². The predicted octanol–water partition coefficient (Wildman–Crippen LogP) is 1.15. The fourth-order valence-electron chi connectivity index (χ4n) is 1.98. The smallest absolute Gasteiger partial charge is 0.0843 e. The monoisotopic (exact) mass is 240 g/mol. The average Bonchev–Trinajstić information content (AvgIpc) is 2.73. The summed E-state index contributed by atoms with van der Waals surface area (Å²) in [5, 5.41) is 11.6. The first-order chi connectivity index (χ1) is 8.05. The summed E-state index contributed by atoms with van der Waals surface area (Å²) < 4.78 is 7.39. The summed E-state index contributed by atoms with van der Waals surface area (Å²) >= 11 is 0. The summed E-state index contributed by atoms with van der Waals surface area (Å²) in [6, 6.07) is 0.249. The number of nitrogens with zero attached hydrogens (tertiary/aromatic N) is 3. The number of ether oxygens (including phenoxy) is 1. The second kappa shape index (κ2) is 6.12. The van der Waals surface area contributed by atoms with Crippen molar-refractivity contribution in [3.8, 4) is 0 Å². The topological polar surface area (TPSA) is 52.0 Å². The van der Waals surface area contributed by atoms with Gasteiger partial charge >= 0.3 is 0 Å². The van der Waals surface area contributed by atoms with Crippen molar-refractivity contribution in [3.63, 3.8) is 0 Å². The molecule has 5 nitrogen and oxygen atoms in total. The van der Waals surface area contributed by atoms with Gasteiger partial charge in [0.2, 0.25) is 0 Å². The molecule has 17 heavy (non-hydrogen) atoms. The average molecular weight is 240 g/mol. The van der Waals surface area contributed by atoms with Crippen LogP contribution >= 0.6 is 0 Å². The highest BCUT2D eigenvalue weighted by atomic mass is 16.5. The lowest BCUT2D eigenvalue weighted by Crippen LogP contribution is -2.51. The molecule has 1 N–H and O–H groups in total. The molecule has 0 aliphatic heterocycles. The third-order valence-electron chi connectivity index (χ3n) is 3.42. The van der Waals surface area contributed by atoms with Gasteiger partial charge in [-0.15, -0.1) is 5.10 Å². The lowest BCUT2D eigenvalue weighted by atomic mass is 9.89. The van der Waals surface area contributed by atoms with Gasteiger partial charge in [0.1, 0.15) is 0 Å². The largest absolute Gasteiger partial charge is 0.377 e. The van der Waals surface area contributed by atoms with Crippen molar-refractivity contribution in [1.29, 1.82) is 0 Å². The maximum atomic E-state index is 5.66. The van der Waals surface area contributed by atoms with E-state index in [2.05, 4.69) is 36.4 Å². The molecular formula is C12H24N4O. The first kappa shape index (κ1) is 14.1. The second-order valence-corrected chi connectivity index (χ2v) is 4.57. The minimum absolute atomic E-state index is 0.173. The first-order valence-corrected chi connectivity index (χ1v) is 6.19. The van der Waals surface area contributed by atoms with Crippen LogP contribution in [0.3, 0.4) is 0 Å². The molecule has 2 atom stereocenters. The van der Waals surface area contributed by atoms with Crippen LogP contribution in [-0.2, 0) is 18.2 Å². The molecule has 0 aromatic carbocycles. The normalized spacial score (nSPS) is 16.8. The Bertz CT molecular complexity index is 333. The Morgan fingerprint density at radius 3 is 2.65 bits per heavy atom. The number of rotatable bonds is 7. The van der Waals surface area contributed by atoms with Crippen LogP contribution in [0.1, 0.15) is 32.9 Å². The van der Waals surface area contributed by atoms with E-state index < -0.39 is 0 Å². The Labute approximate surface area is 104 Å². The number of nitrogens with one attached hydrogen (secondary N) is 1. The number of hydrogen-bond acceptors (Lipinski definition) is 4.